The summed E-state index contributed by atoms with van der Waals surface area (Å²) < 4.78 is 0. The van der Waals surface area contributed by atoms with Crippen molar-refractivity contribution in [2.75, 3.05) is 13.1 Å². The number of hydrogen-bond donors (Lipinski definition) is 2. The highest BCUT2D eigenvalue weighted by Crippen LogP contribution is 2.33. The second-order valence-corrected chi connectivity index (χ2v) is 7.53. The predicted octanol–water partition coefficient (Wildman–Crippen LogP) is 2.62. The standard InChI is InChI=1S/C18H25N3O2S/c1-3-9-21(10-12(22)4-2)11-15-19-17(23)16-13-7-5-6-8-14(13)24-18(16)20-15/h3,12,22H,1,4-11H2,2H3,(H,19,20,23). The SMILES string of the molecule is C=CCN(Cc1nc2sc3c(c2c(=O)[nH]1)CCCC3)CC(O)CC. The number of fused-ring (bicyclic) bond motifs is 3. The molecular formula is C18H25N3O2S. The topological polar surface area (TPSA) is 69.2 Å². The molecular weight excluding hydrogens is 322 g/mol. The number of rotatable bonds is 7. The third kappa shape index (κ3) is 3.61. The summed E-state index contributed by atoms with van der Waals surface area (Å²) in [5.74, 6) is 0.663. The van der Waals surface area contributed by atoms with Crippen LogP contribution in [-0.2, 0) is 19.4 Å². The van der Waals surface area contributed by atoms with Gasteiger partial charge in [-0.25, -0.2) is 4.98 Å². The lowest BCUT2D eigenvalue weighted by molar-refractivity contribution is 0.111. The van der Waals surface area contributed by atoms with E-state index in [1.165, 1.54) is 16.9 Å². The van der Waals surface area contributed by atoms with Crippen molar-refractivity contribution in [1.29, 1.82) is 0 Å². The van der Waals surface area contributed by atoms with E-state index in [-0.39, 0.29) is 11.7 Å². The van der Waals surface area contributed by atoms with Crippen LogP contribution in [0.5, 0.6) is 0 Å². The summed E-state index contributed by atoms with van der Waals surface area (Å²) >= 11 is 1.67. The molecule has 0 bridgehead atoms. The van der Waals surface area contributed by atoms with Crippen LogP contribution in [0.2, 0.25) is 0 Å². The van der Waals surface area contributed by atoms with Gasteiger partial charge in [0.2, 0.25) is 0 Å². The van der Waals surface area contributed by atoms with Crippen molar-refractivity contribution in [2.45, 2.75) is 51.7 Å². The molecule has 0 amide bonds. The van der Waals surface area contributed by atoms with Crippen molar-refractivity contribution in [3.05, 3.63) is 39.3 Å². The van der Waals surface area contributed by atoms with Crippen LogP contribution in [0.4, 0.5) is 0 Å². The highest BCUT2D eigenvalue weighted by molar-refractivity contribution is 7.18. The summed E-state index contributed by atoms with van der Waals surface area (Å²) in [7, 11) is 0. The van der Waals surface area contributed by atoms with Crippen LogP contribution in [0.25, 0.3) is 10.2 Å². The molecule has 1 aliphatic carbocycles. The summed E-state index contributed by atoms with van der Waals surface area (Å²) in [5.41, 5.74) is 1.19. The average molecular weight is 347 g/mol. The first-order valence-electron chi connectivity index (χ1n) is 8.67. The van der Waals surface area contributed by atoms with Gasteiger partial charge in [-0.15, -0.1) is 17.9 Å². The average Bonchev–Trinajstić information content (AvgIpc) is 2.93. The first kappa shape index (κ1) is 17.3. The highest BCUT2D eigenvalue weighted by atomic mass is 32.1. The molecule has 0 aromatic carbocycles. The number of aliphatic hydroxyl groups excluding tert-OH is 1. The van der Waals surface area contributed by atoms with Crippen LogP contribution in [0.3, 0.4) is 0 Å². The van der Waals surface area contributed by atoms with Gasteiger partial charge in [0.05, 0.1) is 18.0 Å². The van der Waals surface area contributed by atoms with E-state index >= 15 is 0 Å². The maximum atomic E-state index is 12.6. The molecule has 0 fully saturated rings. The molecule has 1 aliphatic rings. The first-order valence-corrected chi connectivity index (χ1v) is 9.48. The number of nitrogens with one attached hydrogen (secondary N) is 1. The molecule has 0 spiro atoms. The number of aromatic nitrogens is 2. The molecule has 2 heterocycles. The fourth-order valence-corrected chi connectivity index (χ4v) is 4.59. The molecule has 3 rings (SSSR count). The molecule has 130 valence electrons. The Hall–Kier alpha value is -1.50. The Kier molecular flexibility index (Phi) is 5.48. The largest absolute Gasteiger partial charge is 0.392 e. The van der Waals surface area contributed by atoms with Gasteiger partial charge in [0.25, 0.3) is 5.56 Å². The zero-order valence-corrected chi connectivity index (χ0v) is 15.0. The zero-order valence-electron chi connectivity index (χ0n) is 14.2. The number of aliphatic hydroxyl groups is 1. The van der Waals surface area contributed by atoms with Crippen LogP contribution in [0.1, 0.15) is 42.5 Å². The molecule has 2 N–H and O–H groups in total. The van der Waals surface area contributed by atoms with E-state index in [0.29, 0.717) is 31.9 Å². The van der Waals surface area contributed by atoms with E-state index in [0.717, 1.165) is 29.5 Å². The third-order valence-electron chi connectivity index (χ3n) is 4.57. The molecule has 0 aliphatic heterocycles. The van der Waals surface area contributed by atoms with E-state index in [1.807, 2.05) is 13.0 Å². The molecule has 0 saturated carbocycles. The molecule has 24 heavy (non-hydrogen) atoms. The molecule has 0 saturated heterocycles. The number of hydrogen-bond acceptors (Lipinski definition) is 5. The van der Waals surface area contributed by atoms with Gasteiger partial charge in [-0.1, -0.05) is 13.0 Å². The maximum absolute atomic E-state index is 12.6. The minimum atomic E-state index is -0.380. The van der Waals surface area contributed by atoms with Crippen molar-refractivity contribution in [2.24, 2.45) is 0 Å². The smallest absolute Gasteiger partial charge is 0.259 e. The Labute approximate surface area is 146 Å². The minimum absolute atomic E-state index is 0.0241. The molecule has 5 nitrogen and oxygen atoms in total. The van der Waals surface area contributed by atoms with Gasteiger partial charge < -0.3 is 10.1 Å². The molecule has 2 aromatic rings. The molecule has 2 aromatic heterocycles. The van der Waals surface area contributed by atoms with Crippen molar-refractivity contribution < 1.29 is 5.11 Å². The second-order valence-electron chi connectivity index (χ2n) is 6.45. The van der Waals surface area contributed by atoms with Crippen molar-refractivity contribution in [3.63, 3.8) is 0 Å². The lowest BCUT2D eigenvalue weighted by Crippen LogP contribution is -2.33. The number of aromatic amines is 1. The monoisotopic (exact) mass is 347 g/mol. The van der Waals surface area contributed by atoms with Crippen LogP contribution in [0.15, 0.2) is 17.4 Å². The highest BCUT2D eigenvalue weighted by Gasteiger charge is 2.20. The van der Waals surface area contributed by atoms with E-state index in [2.05, 4.69) is 16.5 Å². The molecule has 1 unspecified atom stereocenters. The van der Waals surface area contributed by atoms with Gasteiger partial charge in [0.1, 0.15) is 10.7 Å². The Bertz CT molecular complexity index is 780. The number of aryl methyl sites for hydroxylation is 2. The van der Waals surface area contributed by atoms with Gasteiger partial charge in [-0.3, -0.25) is 9.69 Å². The molecule has 1 atom stereocenters. The van der Waals surface area contributed by atoms with E-state index in [1.54, 1.807) is 11.3 Å². The Balaban J connectivity index is 1.89. The fraction of sp³-hybridized carbons (Fsp3) is 0.556. The summed E-state index contributed by atoms with van der Waals surface area (Å²) in [6, 6.07) is 0. The molecule has 0 radical (unpaired) electrons. The lowest BCUT2D eigenvalue weighted by atomic mass is 9.97. The zero-order chi connectivity index (χ0) is 17.1. The summed E-state index contributed by atoms with van der Waals surface area (Å²) in [5, 5.41) is 10.7. The Morgan fingerprint density at radius 1 is 1.46 bits per heavy atom. The van der Waals surface area contributed by atoms with Gasteiger partial charge in [-0.2, -0.15) is 0 Å². The first-order chi connectivity index (χ1) is 11.6. The third-order valence-corrected chi connectivity index (χ3v) is 5.76. The summed E-state index contributed by atoms with van der Waals surface area (Å²) in [6.45, 7) is 7.44. The number of nitrogens with zero attached hydrogens (tertiary/aromatic N) is 2. The quantitative estimate of drug-likeness (QED) is 0.756. The maximum Gasteiger partial charge on any atom is 0.259 e. The second kappa shape index (κ2) is 7.59. The predicted molar refractivity (Wildman–Crippen MR) is 98.7 cm³/mol. The van der Waals surface area contributed by atoms with Gasteiger partial charge in [0.15, 0.2) is 0 Å². The van der Waals surface area contributed by atoms with E-state index in [4.69, 9.17) is 4.98 Å². The van der Waals surface area contributed by atoms with Crippen LogP contribution < -0.4 is 5.56 Å². The minimum Gasteiger partial charge on any atom is -0.392 e. The fourth-order valence-electron chi connectivity index (χ4n) is 3.31. The summed E-state index contributed by atoms with van der Waals surface area (Å²) in [6.07, 6.45) is 6.54. The van der Waals surface area contributed by atoms with E-state index in [9.17, 15) is 9.90 Å². The van der Waals surface area contributed by atoms with Gasteiger partial charge >= 0.3 is 0 Å². The van der Waals surface area contributed by atoms with Crippen molar-refractivity contribution in [1.82, 2.24) is 14.9 Å². The van der Waals surface area contributed by atoms with Gasteiger partial charge in [0, 0.05) is 18.0 Å². The Morgan fingerprint density at radius 2 is 2.25 bits per heavy atom. The van der Waals surface area contributed by atoms with E-state index < -0.39 is 0 Å². The van der Waals surface area contributed by atoms with Crippen LogP contribution in [-0.4, -0.2) is 39.2 Å². The Morgan fingerprint density at radius 3 is 3.00 bits per heavy atom. The summed E-state index contributed by atoms with van der Waals surface area (Å²) in [4.78, 5) is 24.5. The van der Waals surface area contributed by atoms with Crippen molar-refractivity contribution in [3.8, 4) is 0 Å². The lowest BCUT2D eigenvalue weighted by Gasteiger charge is -2.22. The number of thiophene rings is 1. The van der Waals surface area contributed by atoms with Crippen molar-refractivity contribution >= 4 is 21.6 Å². The van der Waals surface area contributed by atoms with Gasteiger partial charge in [-0.05, 0) is 37.7 Å². The number of H-pyrrole nitrogens is 1. The van der Waals surface area contributed by atoms with Crippen LogP contribution in [0, 0.1) is 0 Å². The van der Waals surface area contributed by atoms with Crippen LogP contribution >= 0.6 is 11.3 Å². The molecule has 6 heteroatoms. The normalized spacial score (nSPS) is 15.6.